The lowest BCUT2D eigenvalue weighted by Crippen LogP contribution is -2.11. The lowest BCUT2D eigenvalue weighted by molar-refractivity contribution is 0.104. The highest BCUT2D eigenvalue weighted by Crippen LogP contribution is 2.34. The van der Waals surface area contributed by atoms with Gasteiger partial charge in [-0.25, -0.2) is 12.4 Å². The fourth-order valence-electron chi connectivity index (χ4n) is 3.11. The third kappa shape index (κ3) is 4.02. The summed E-state index contributed by atoms with van der Waals surface area (Å²) in [5.41, 5.74) is 1.98. The van der Waals surface area contributed by atoms with E-state index in [0.29, 0.717) is 24.7 Å². The molecule has 2 aromatic carbocycles. The van der Waals surface area contributed by atoms with Gasteiger partial charge in [-0.15, -0.1) is 0 Å². The fraction of sp³-hybridized carbons (Fsp3) is 0.174. The van der Waals surface area contributed by atoms with Gasteiger partial charge in [-0.2, -0.15) is 0 Å². The average molecular weight is 423 g/mol. The van der Waals surface area contributed by atoms with Gasteiger partial charge in [0.25, 0.3) is 10.0 Å². The molecule has 0 amide bonds. The SMILES string of the molecule is Cc1ccc(S(=O)(=O)n2ccc(C(=O)C=Cc3cccc4c3OCCCO4)c2)cc1. The highest BCUT2D eigenvalue weighted by Gasteiger charge is 2.18. The molecule has 7 heteroatoms. The summed E-state index contributed by atoms with van der Waals surface area (Å²) in [7, 11) is -3.75. The second-order valence-corrected chi connectivity index (χ2v) is 8.81. The Labute approximate surface area is 175 Å². The molecule has 0 fully saturated rings. The zero-order valence-electron chi connectivity index (χ0n) is 16.4. The van der Waals surface area contributed by atoms with Gasteiger partial charge in [-0.3, -0.25) is 4.79 Å². The van der Waals surface area contributed by atoms with Crippen LogP contribution in [0, 0.1) is 6.92 Å². The standard InChI is InChI=1S/C23H21NO5S/c1-17-6-9-20(10-7-17)30(26,27)24-13-12-19(16-24)21(25)11-8-18-4-2-5-22-23(18)29-15-3-14-28-22/h2,4-13,16H,3,14-15H2,1H3. The maximum atomic E-state index is 12.8. The Hall–Kier alpha value is -3.32. The zero-order valence-corrected chi connectivity index (χ0v) is 17.3. The van der Waals surface area contributed by atoms with E-state index in [-0.39, 0.29) is 16.2 Å². The third-order valence-electron chi connectivity index (χ3n) is 4.76. The fourth-order valence-corrected chi connectivity index (χ4v) is 4.31. The molecule has 2 heterocycles. The molecule has 0 spiro atoms. The summed E-state index contributed by atoms with van der Waals surface area (Å²) < 4.78 is 38.0. The molecule has 0 bridgehead atoms. The van der Waals surface area contributed by atoms with E-state index in [1.165, 1.54) is 24.5 Å². The number of benzene rings is 2. The summed E-state index contributed by atoms with van der Waals surface area (Å²) in [6.45, 7) is 3.02. The molecule has 0 radical (unpaired) electrons. The van der Waals surface area contributed by atoms with Gasteiger partial charge in [-0.1, -0.05) is 29.8 Å². The Kier molecular flexibility index (Phi) is 5.46. The smallest absolute Gasteiger partial charge is 0.267 e. The number of hydrogen-bond donors (Lipinski definition) is 0. The number of allylic oxidation sites excluding steroid dienone is 1. The highest BCUT2D eigenvalue weighted by molar-refractivity contribution is 7.90. The lowest BCUT2D eigenvalue weighted by atomic mass is 10.1. The molecule has 154 valence electrons. The first kappa shape index (κ1) is 20.0. The molecular weight excluding hydrogens is 402 g/mol. The van der Waals surface area contributed by atoms with Gasteiger partial charge in [0.2, 0.25) is 0 Å². The molecule has 0 N–H and O–H groups in total. The number of ether oxygens (including phenoxy) is 2. The second-order valence-electron chi connectivity index (χ2n) is 6.97. The van der Waals surface area contributed by atoms with Crippen LogP contribution < -0.4 is 9.47 Å². The summed E-state index contributed by atoms with van der Waals surface area (Å²) in [6.07, 6.45) is 6.55. The number of ketones is 1. The van der Waals surface area contributed by atoms with Crippen molar-refractivity contribution in [2.24, 2.45) is 0 Å². The molecule has 3 aromatic rings. The van der Waals surface area contributed by atoms with E-state index < -0.39 is 10.0 Å². The van der Waals surface area contributed by atoms with Gasteiger partial charge in [0.1, 0.15) is 0 Å². The normalized spacial score (nSPS) is 13.9. The predicted octanol–water partition coefficient (Wildman–Crippen LogP) is 4.09. The van der Waals surface area contributed by atoms with E-state index in [4.69, 9.17) is 9.47 Å². The minimum absolute atomic E-state index is 0.169. The number of para-hydroxylation sites is 1. The van der Waals surface area contributed by atoms with Gasteiger partial charge in [0.05, 0.1) is 18.1 Å². The van der Waals surface area contributed by atoms with Gasteiger partial charge in [-0.05, 0) is 43.3 Å². The van der Waals surface area contributed by atoms with Crippen molar-refractivity contribution in [3.05, 3.63) is 83.7 Å². The Morgan fingerprint density at radius 2 is 1.80 bits per heavy atom. The monoisotopic (exact) mass is 423 g/mol. The van der Waals surface area contributed by atoms with E-state index in [1.54, 1.807) is 30.3 Å². The van der Waals surface area contributed by atoms with E-state index in [2.05, 4.69) is 0 Å². The second kappa shape index (κ2) is 8.20. The molecule has 0 saturated heterocycles. The summed E-state index contributed by atoms with van der Waals surface area (Å²) >= 11 is 0. The number of aryl methyl sites for hydroxylation is 1. The number of aromatic nitrogens is 1. The molecule has 1 aliphatic rings. The highest BCUT2D eigenvalue weighted by atomic mass is 32.2. The Balaban J connectivity index is 1.56. The van der Waals surface area contributed by atoms with Crippen molar-refractivity contribution in [1.29, 1.82) is 0 Å². The van der Waals surface area contributed by atoms with E-state index in [1.807, 2.05) is 25.1 Å². The number of hydrogen-bond acceptors (Lipinski definition) is 5. The van der Waals surface area contributed by atoms with E-state index >= 15 is 0 Å². The van der Waals surface area contributed by atoms with Crippen molar-refractivity contribution in [3.63, 3.8) is 0 Å². The van der Waals surface area contributed by atoms with Crippen LogP contribution in [0.15, 0.2) is 71.9 Å². The van der Waals surface area contributed by atoms with Gasteiger partial charge in [0, 0.05) is 29.9 Å². The maximum Gasteiger partial charge on any atom is 0.267 e. The average Bonchev–Trinajstić information content (AvgIpc) is 3.12. The summed E-state index contributed by atoms with van der Waals surface area (Å²) in [4.78, 5) is 12.8. The quantitative estimate of drug-likeness (QED) is 0.456. The van der Waals surface area contributed by atoms with Crippen molar-refractivity contribution in [2.45, 2.75) is 18.2 Å². The number of rotatable bonds is 5. The molecule has 0 saturated carbocycles. The molecule has 0 unspecified atom stereocenters. The molecular formula is C23H21NO5S. The van der Waals surface area contributed by atoms with Crippen molar-refractivity contribution in [3.8, 4) is 11.5 Å². The summed E-state index contributed by atoms with van der Waals surface area (Å²) in [5, 5.41) is 0. The van der Waals surface area contributed by atoms with Crippen LogP contribution in [0.5, 0.6) is 11.5 Å². The van der Waals surface area contributed by atoms with Crippen molar-refractivity contribution in [2.75, 3.05) is 13.2 Å². The van der Waals surface area contributed by atoms with Crippen LogP contribution in [-0.4, -0.2) is 31.4 Å². The Morgan fingerprint density at radius 3 is 2.60 bits per heavy atom. The molecule has 30 heavy (non-hydrogen) atoms. The van der Waals surface area contributed by atoms with Crippen LogP contribution >= 0.6 is 0 Å². The third-order valence-corrected chi connectivity index (χ3v) is 6.41. The minimum atomic E-state index is -3.75. The zero-order chi connectivity index (χ0) is 21.1. The lowest BCUT2D eigenvalue weighted by Gasteiger charge is -2.09. The summed E-state index contributed by atoms with van der Waals surface area (Å²) in [6, 6.07) is 13.6. The Morgan fingerprint density at radius 1 is 1.03 bits per heavy atom. The van der Waals surface area contributed by atoms with Crippen LogP contribution in [0.1, 0.15) is 27.9 Å². The van der Waals surface area contributed by atoms with Gasteiger partial charge < -0.3 is 9.47 Å². The van der Waals surface area contributed by atoms with E-state index in [9.17, 15) is 13.2 Å². The first-order chi connectivity index (χ1) is 14.4. The first-order valence-electron chi connectivity index (χ1n) is 9.56. The molecule has 4 rings (SSSR count). The summed E-state index contributed by atoms with van der Waals surface area (Å²) in [5.74, 6) is 0.955. The number of carbonyl (C=O) groups is 1. The Bertz CT molecular complexity index is 1210. The van der Waals surface area contributed by atoms with Crippen LogP contribution in [0.4, 0.5) is 0 Å². The predicted molar refractivity (Wildman–Crippen MR) is 114 cm³/mol. The van der Waals surface area contributed by atoms with Crippen LogP contribution in [0.3, 0.4) is 0 Å². The number of nitrogens with zero attached hydrogens (tertiary/aromatic N) is 1. The molecule has 1 aromatic heterocycles. The van der Waals surface area contributed by atoms with Crippen molar-refractivity contribution < 1.29 is 22.7 Å². The first-order valence-corrected chi connectivity index (χ1v) is 11.0. The van der Waals surface area contributed by atoms with Gasteiger partial charge >= 0.3 is 0 Å². The number of fused-ring (bicyclic) bond motifs is 1. The molecule has 0 aliphatic carbocycles. The molecule has 6 nitrogen and oxygen atoms in total. The number of carbonyl (C=O) groups excluding carboxylic acids is 1. The molecule has 0 atom stereocenters. The van der Waals surface area contributed by atoms with Crippen LogP contribution in [0.25, 0.3) is 6.08 Å². The maximum absolute atomic E-state index is 12.8. The van der Waals surface area contributed by atoms with Crippen molar-refractivity contribution >= 4 is 21.9 Å². The van der Waals surface area contributed by atoms with Crippen LogP contribution in [-0.2, 0) is 10.0 Å². The topological polar surface area (TPSA) is 74.6 Å². The van der Waals surface area contributed by atoms with E-state index in [0.717, 1.165) is 21.5 Å². The van der Waals surface area contributed by atoms with Crippen LogP contribution in [0.2, 0.25) is 0 Å². The molecule has 1 aliphatic heterocycles. The minimum Gasteiger partial charge on any atom is -0.490 e. The van der Waals surface area contributed by atoms with Crippen molar-refractivity contribution in [1.82, 2.24) is 3.97 Å². The largest absolute Gasteiger partial charge is 0.490 e. The van der Waals surface area contributed by atoms with Gasteiger partial charge in [0.15, 0.2) is 17.3 Å².